The number of hydrogen-bond acceptors (Lipinski definition) is 5. The van der Waals surface area contributed by atoms with Gasteiger partial charge in [0, 0.05) is 5.70 Å². The molecule has 0 bridgehead atoms. The molecule has 144 valence electrons. The van der Waals surface area contributed by atoms with Crippen molar-refractivity contribution in [2.45, 2.75) is 13.8 Å². The van der Waals surface area contributed by atoms with Gasteiger partial charge in [0.2, 0.25) is 0 Å². The first-order chi connectivity index (χ1) is 13.9. The smallest absolute Gasteiger partial charge is 0.343 e. The van der Waals surface area contributed by atoms with Crippen molar-refractivity contribution in [1.29, 1.82) is 5.41 Å². The maximum absolute atomic E-state index is 12.3. The van der Waals surface area contributed by atoms with Gasteiger partial charge in [-0.3, -0.25) is 15.1 Å². The number of carbonyl (C=O) groups is 2. The number of rotatable bonds is 3. The van der Waals surface area contributed by atoms with Gasteiger partial charge in [-0.05, 0) is 55.2 Å². The summed E-state index contributed by atoms with van der Waals surface area (Å²) in [5, 5.41) is 10.7. The quantitative estimate of drug-likeness (QED) is 0.467. The molecule has 2 aromatic carbocycles. The largest absolute Gasteiger partial charge is 0.423 e. The summed E-state index contributed by atoms with van der Waals surface area (Å²) in [6.45, 7) is 3.78. The molecule has 1 N–H and O–H groups in total. The third kappa shape index (κ3) is 3.77. The maximum atomic E-state index is 12.3. The van der Waals surface area contributed by atoms with E-state index in [2.05, 4.69) is 4.99 Å². The Hall–Kier alpha value is -3.45. The van der Waals surface area contributed by atoms with Crippen LogP contribution >= 0.6 is 11.8 Å². The molecule has 0 aromatic heterocycles. The number of benzene rings is 2. The number of amidine groups is 2. The number of nitrogens with zero attached hydrogens (tertiary/aromatic N) is 2. The first-order valence-corrected chi connectivity index (χ1v) is 9.76. The monoisotopic (exact) mass is 403 g/mol. The fraction of sp³-hybridized carbons (Fsp3) is 0.0909. The highest BCUT2D eigenvalue weighted by Crippen LogP contribution is 2.32. The first-order valence-electron chi connectivity index (χ1n) is 8.88. The Morgan fingerprint density at radius 2 is 1.93 bits per heavy atom. The van der Waals surface area contributed by atoms with Crippen molar-refractivity contribution in [2.75, 3.05) is 0 Å². The molecule has 0 aliphatic carbocycles. The Labute approximate surface area is 172 Å². The number of nitrogens with one attached hydrogen (secondary N) is 1. The minimum absolute atomic E-state index is 0.105. The Morgan fingerprint density at radius 1 is 1.17 bits per heavy atom. The molecule has 0 spiro atoms. The lowest BCUT2D eigenvalue weighted by Gasteiger charge is -2.25. The zero-order valence-corrected chi connectivity index (χ0v) is 16.6. The Kier molecular flexibility index (Phi) is 4.90. The van der Waals surface area contributed by atoms with Gasteiger partial charge in [-0.1, -0.05) is 41.6 Å². The molecular formula is C22H17N3O3S. The second-order valence-electron chi connectivity index (χ2n) is 6.65. The Morgan fingerprint density at radius 3 is 2.66 bits per heavy atom. The molecule has 0 unspecified atom stereocenters. The summed E-state index contributed by atoms with van der Waals surface area (Å²) < 4.78 is 5.40. The summed E-state index contributed by atoms with van der Waals surface area (Å²) >= 11 is 1.33. The van der Waals surface area contributed by atoms with Gasteiger partial charge in [-0.2, -0.15) is 4.99 Å². The number of aryl methyl sites for hydroxylation is 1. The number of ether oxygens (including phenoxy) is 1. The lowest BCUT2D eigenvalue weighted by atomic mass is 10.1. The fourth-order valence-electron chi connectivity index (χ4n) is 2.98. The van der Waals surface area contributed by atoms with Crippen molar-refractivity contribution in [3.63, 3.8) is 0 Å². The van der Waals surface area contributed by atoms with E-state index < -0.39 is 11.9 Å². The number of carbonyl (C=O) groups excluding carboxylic acids is 2. The summed E-state index contributed by atoms with van der Waals surface area (Å²) in [7, 11) is 0. The lowest BCUT2D eigenvalue weighted by Crippen LogP contribution is -2.37. The van der Waals surface area contributed by atoms with Gasteiger partial charge in [-0.15, -0.1) is 0 Å². The summed E-state index contributed by atoms with van der Waals surface area (Å²) in [4.78, 5) is 30.3. The third-order valence-electron chi connectivity index (χ3n) is 4.44. The van der Waals surface area contributed by atoms with Crippen LogP contribution in [0.5, 0.6) is 5.75 Å². The van der Waals surface area contributed by atoms with Crippen LogP contribution in [0.2, 0.25) is 0 Å². The second-order valence-corrected chi connectivity index (χ2v) is 7.48. The molecule has 7 heteroatoms. The summed E-state index contributed by atoms with van der Waals surface area (Å²) in [5.74, 6) is -0.362. The van der Waals surface area contributed by atoms with Crippen molar-refractivity contribution < 1.29 is 14.3 Å². The highest BCUT2D eigenvalue weighted by atomic mass is 32.2. The standard InChI is InChI=1S/C22H17N3O3S/c1-13-4-3-5-16(10-13)21(27)28-17-8-6-15(7-9-17)11-18-19(23)25-14(2)12-29-22(25)24-20(18)26/h3-12,23H,1-2H3. The summed E-state index contributed by atoms with van der Waals surface area (Å²) in [5.41, 5.74) is 3.25. The van der Waals surface area contributed by atoms with Crippen LogP contribution in [0.3, 0.4) is 0 Å². The van der Waals surface area contributed by atoms with Crippen molar-refractivity contribution in [3.05, 3.63) is 81.9 Å². The summed E-state index contributed by atoms with van der Waals surface area (Å²) in [6, 6.07) is 14.0. The molecule has 0 radical (unpaired) electrons. The molecule has 2 aromatic rings. The number of esters is 1. The highest BCUT2D eigenvalue weighted by Gasteiger charge is 2.33. The average molecular weight is 403 g/mol. The van der Waals surface area contributed by atoms with E-state index in [0.717, 1.165) is 11.3 Å². The number of fused-ring (bicyclic) bond motifs is 1. The van der Waals surface area contributed by atoms with Gasteiger partial charge in [0.1, 0.15) is 11.6 Å². The molecule has 0 saturated heterocycles. The topological polar surface area (TPSA) is 82.8 Å². The first kappa shape index (κ1) is 18.9. The molecule has 2 aliphatic rings. The van der Waals surface area contributed by atoms with E-state index in [1.165, 1.54) is 11.8 Å². The van der Waals surface area contributed by atoms with Crippen molar-refractivity contribution in [1.82, 2.24) is 4.90 Å². The van der Waals surface area contributed by atoms with Crippen LogP contribution in [0.1, 0.15) is 28.4 Å². The Balaban J connectivity index is 1.52. The molecule has 0 atom stereocenters. The summed E-state index contributed by atoms with van der Waals surface area (Å²) in [6.07, 6.45) is 1.62. The van der Waals surface area contributed by atoms with Gasteiger partial charge in [0.05, 0.1) is 11.1 Å². The molecule has 0 saturated carbocycles. The van der Waals surface area contributed by atoms with Crippen LogP contribution in [-0.2, 0) is 4.79 Å². The predicted molar refractivity (Wildman–Crippen MR) is 114 cm³/mol. The van der Waals surface area contributed by atoms with Gasteiger partial charge < -0.3 is 4.74 Å². The molecule has 0 fully saturated rings. The van der Waals surface area contributed by atoms with Crippen LogP contribution in [0.25, 0.3) is 6.08 Å². The minimum atomic E-state index is -0.438. The van der Waals surface area contributed by atoms with Crippen molar-refractivity contribution in [3.8, 4) is 5.75 Å². The molecule has 29 heavy (non-hydrogen) atoms. The number of aliphatic imine (C=N–C) groups is 1. The SMILES string of the molecule is CC1=CSC2=NC(=O)C(=Cc3ccc(OC(=O)c4cccc(C)c4)cc3)C(=N)N12. The number of amides is 1. The van der Waals surface area contributed by atoms with E-state index >= 15 is 0 Å². The zero-order chi connectivity index (χ0) is 20.5. The highest BCUT2D eigenvalue weighted by molar-refractivity contribution is 8.16. The van der Waals surface area contributed by atoms with Crippen LogP contribution in [0.4, 0.5) is 0 Å². The number of thioether (sulfide) groups is 1. The fourth-order valence-corrected chi connectivity index (χ4v) is 3.84. The second kappa shape index (κ2) is 7.52. The molecule has 2 aliphatic heterocycles. The normalized spacial score (nSPS) is 17.2. The number of hydrogen-bond donors (Lipinski definition) is 1. The molecule has 2 heterocycles. The van der Waals surface area contributed by atoms with E-state index in [0.29, 0.717) is 22.0 Å². The van der Waals surface area contributed by atoms with Crippen LogP contribution in [0, 0.1) is 12.3 Å². The molecule has 1 amide bonds. The maximum Gasteiger partial charge on any atom is 0.343 e. The number of allylic oxidation sites excluding steroid dienone is 1. The molecule has 4 rings (SSSR count). The predicted octanol–water partition coefficient (Wildman–Crippen LogP) is 4.38. The van der Waals surface area contributed by atoms with Crippen LogP contribution in [0.15, 0.2) is 70.2 Å². The van der Waals surface area contributed by atoms with E-state index in [9.17, 15) is 9.59 Å². The van der Waals surface area contributed by atoms with E-state index in [1.807, 2.05) is 25.3 Å². The lowest BCUT2D eigenvalue weighted by molar-refractivity contribution is -0.114. The molecular weight excluding hydrogens is 386 g/mol. The van der Waals surface area contributed by atoms with E-state index in [-0.39, 0.29) is 11.4 Å². The molecule has 6 nitrogen and oxygen atoms in total. The van der Waals surface area contributed by atoms with Gasteiger partial charge >= 0.3 is 5.97 Å². The van der Waals surface area contributed by atoms with Crippen molar-refractivity contribution in [2.24, 2.45) is 4.99 Å². The van der Waals surface area contributed by atoms with E-state index in [4.69, 9.17) is 10.1 Å². The third-order valence-corrected chi connectivity index (χ3v) is 5.38. The van der Waals surface area contributed by atoms with Crippen LogP contribution < -0.4 is 4.74 Å². The van der Waals surface area contributed by atoms with Gasteiger partial charge in [0.15, 0.2) is 5.17 Å². The average Bonchev–Trinajstić information content (AvgIpc) is 3.07. The van der Waals surface area contributed by atoms with Crippen LogP contribution in [-0.4, -0.2) is 27.8 Å². The minimum Gasteiger partial charge on any atom is -0.423 e. The van der Waals surface area contributed by atoms with Crippen molar-refractivity contribution >= 4 is 40.7 Å². The zero-order valence-electron chi connectivity index (χ0n) is 15.8. The van der Waals surface area contributed by atoms with Gasteiger partial charge in [-0.25, -0.2) is 4.79 Å². The van der Waals surface area contributed by atoms with Gasteiger partial charge in [0.25, 0.3) is 5.91 Å². The van der Waals surface area contributed by atoms with E-state index in [1.54, 1.807) is 53.4 Å². The Bertz CT molecular complexity index is 1130.